The standard InChI is InChI=1S/C19H26N2O4S2/c1-12-4-3-5-15(13(12)2)20-18(22)8-9-27(24,25)14-6-7-17-16(10-14)21-19(23)11-26-17/h6-7,10,12-13,15H,3-5,8-9,11H2,1-2H3,(H,20,22)(H,21,23)/t12-,13-,15-/m1/s1. The van der Waals surface area contributed by atoms with E-state index in [1.165, 1.54) is 24.2 Å². The van der Waals surface area contributed by atoms with Gasteiger partial charge in [-0.25, -0.2) is 8.42 Å². The highest BCUT2D eigenvalue weighted by molar-refractivity contribution is 8.00. The third-order valence-electron chi connectivity index (χ3n) is 5.59. The first-order valence-electron chi connectivity index (χ1n) is 9.35. The third-order valence-corrected chi connectivity index (χ3v) is 8.38. The summed E-state index contributed by atoms with van der Waals surface area (Å²) in [6.07, 6.45) is 3.16. The zero-order chi connectivity index (χ0) is 19.6. The number of rotatable bonds is 5. The number of hydrogen-bond acceptors (Lipinski definition) is 5. The van der Waals surface area contributed by atoms with Gasteiger partial charge in [0.1, 0.15) is 0 Å². The Labute approximate surface area is 164 Å². The van der Waals surface area contributed by atoms with E-state index in [1.807, 2.05) is 0 Å². The molecule has 0 unspecified atom stereocenters. The average molecular weight is 411 g/mol. The van der Waals surface area contributed by atoms with Crippen LogP contribution in [-0.2, 0) is 19.4 Å². The van der Waals surface area contributed by atoms with Gasteiger partial charge in [-0.1, -0.05) is 26.7 Å². The van der Waals surface area contributed by atoms with Crippen LogP contribution >= 0.6 is 11.8 Å². The number of amides is 2. The predicted octanol–water partition coefficient (Wildman–Crippen LogP) is 2.84. The summed E-state index contributed by atoms with van der Waals surface area (Å²) in [6.45, 7) is 4.34. The lowest BCUT2D eigenvalue weighted by molar-refractivity contribution is -0.122. The summed E-state index contributed by atoms with van der Waals surface area (Å²) >= 11 is 1.38. The van der Waals surface area contributed by atoms with E-state index in [1.54, 1.807) is 12.1 Å². The largest absolute Gasteiger partial charge is 0.353 e. The first kappa shape index (κ1) is 20.2. The van der Waals surface area contributed by atoms with Gasteiger partial charge in [0, 0.05) is 17.4 Å². The van der Waals surface area contributed by atoms with Crippen LogP contribution in [0.25, 0.3) is 0 Å². The van der Waals surface area contributed by atoms with Gasteiger partial charge >= 0.3 is 0 Å². The lowest BCUT2D eigenvalue weighted by Crippen LogP contribution is -2.44. The van der Waals surface area contributed by atoms with Crippen LogP contribution in [0, 0.1) is 11.8 Å². The van der Waals surface area contributed by atoms with Crippen molar-refractivity contribution >= 4 is 39.1 Å². The number of thioether (sulfide) groups is 1. The molecule has 1 aromatic rings. The molecule has 2 aliphatic rings. The molecular formula is C19H26N2O4S2. The second kappa shape index (κ2) is 8.22. The van der Waals surface area contributed by atoms with Gasteiger partial charge in [0.2, 0.25) is 11.8 Å². The van der Waals surface area contributed by atoms with Gasteiger partial charge in [-0.15, -0.1) is 11.8 Å². The van der Waals surface area contributed by atoms with Crippen LogP contribution in [-0.4, -0.2) is 37.8 Å². The van der Waals surface area contributed by atoms with E-state index in [9.17, 15) is 18.0 Å². The lowest BCUT2D eigenvalue weighted by atomic mass is 9.78. The number of fused-ring (bicyclic) bond motifs is 1. The van der Waals surface area contributed by atoms with Crippen molar-refractivity contribution in [3.63, 3.8) is 0 Å². The summed E-state index contributed by atoms with van der Waals surface area (Å²) in [5.41, 5.74) is 0.520. The number of carbonyl (C=O) groups excluding carboxylic acids is 2. The molecule has 0 saturated heterocycles. The highest BCUT2D eigenvalue weighted by Gasteiger charge is 2.28. The first-order chi connectivity index (χ1) is 12.8. The molecule has 6 nitrogen and oxygen atoms in total. The van der Waals surface area contributed by atoms with Crippen LogP contribution < -0.4 is 10.6 Å². The molecule has 0 radical (unpaired) electrons. The quantitative estimate of drug-likeness (QED) is 0.779. The first-order valence-corrected chi connectivity index (χ1v) is 12.0. The Morgan fingerprint density at radius 1 is 1.30 bits per heavy atom. The maximum absolute atomic E-state index is 12.6. The van der Waals surface area contributed by atoms with E-state index >= 15 is 0 Å². The molecule has 1 aliphatic heterocycles. The van der Waals surface area contributed by atoms with Gasteiger partial charge in [-0.3, -0.25) is 9.59 Å². The third kappa shape index (κ3) is 4.85. The molecule has 1 aromatic carbocycles. The fraction of sp³-hybridized carbons (Fsp3) is 0.579. The van der Waals surface area contributed by atoms with Crippen LogP contribution in [0.15, 0.2) is 28.0 Å². The maximum atomic E-state index is 12.6. The lowest BCUT2D eigenvalue weighted by Gasteiger charge is -2.34. The molecule has 8 heteroatoms. The Morgan fingerprint density at radius 2 is 2.07 bits per heavy atom. The zero-order valence-corrected chi connectivity index (χ0v) is 17.3. The molecule has 3 atom stereocenters. The van der Waals surface area contributed by atoms with E-state index in [0.29, 0.717) is 23.3 Å². The molecule has 3 rings (SSSR count). The number of carbonyl (C=O) groups is 2. The molecule has 1 fully saturated rings. The Hall–Kier alpha value is -1.54. The average Bonchev–Trinajstić information content (AvgIpc) is 2.63. The second-order valence-corrected chi connectivity index (χ2v) is 10.6. The maximum Gasteiger partial charge on any atom is 0.234 e. The summed E-state index contributed by atoms with van der Waals surface area (Å²) < 4.78 is 25.2. The van der Waals surface area contributed by atoms with Gasteiger partial charge < -0.3 is 10.6 Å². The summed E-state index contributed by atoms with van der Waals surface area (Å²) in [7, 11) is -3.59. The van der Waals surface area contributed by atoms with Crippen molar-refractivity contribution in [3.8, 4) is 0 Å². The van der Waals surface area contributed by atoms with Gasteiger partial charge in [0.15, 0.2) is 9.84 Å². The Balaban J connectivity index is 1.61. The second-order valence-electron chi connectivity index (χ2n) is 7.51. The van der Waals surface area contributed by atoms with Gasteiger partial charge in [-0.2, -0.15) is 0 Å². The highest BCUT2D eigenvalue weighted by atomic mass is 32.2. The SMILES string of the molecule is C[C@@H]1[C@H](C)CCC[C@H]1NC(=O)CCS(=O)(=O)c1ccc2c(c1)NC(=O)CS2. The molecule has 1 aliphatic carbocycles. The molecule has 0 bridgehead atoms. The molecule has 27 heavy (non-hydrogen) atoms. The summed E-state index contributed by atoms with van der Waals surface area (Å²) in [5, 5.41) is 5.71. The Bertz CT molecular complexity index is 838. The fourth-order valence-corrected chi connectivity index (χ4v) is 5.72. The van der Waals surface area contributed by atoms with Crippen molar-refractivity contribution in [2.24, 2.45) is 11.8 Å². The predicted molar refractivity (Wildman–Crippen MR) is 107 cm³/mol. The van der Waals surface area contributed by atoms with Crippen LogP contribution in [0.5, 0.6) is 0 Å². The van der Waals surface area contributed by atoms with Crippen molar-refractivity contribution in [3.05, 3.63) is 18.2 Å². The molecule has 0 spiro atoms. The highest BCUT2D eigenvalue weighted by Crippen LogP contribution is 2.33. The molecule has 2 amide bonds. The summed E-state index contributed by atoms with van der Waals surface area (Å²) in [6, 6.07) is 4.86. The van der Waals surface area contributed by atoms with Gasteiger partial charge in [-0.05, 0) is 36.5 Å². The van der Waals surface area contributed by atoms with Crippen molar-refractivity contribution in [2.45, 2.75) is 55.4 Å². The number of hydrogen-bond donors (Lipinski definition) is 2. The normalized spacial score (nSPS) is 25.4. The minimum Gasteiger partial charge on any atom is -0.353 e. The van der Waals surface area contributed by atoms with E-state index in [-0.39, 0.29) is 34.9 Å². The van der Waals surface area contributed by atoms with Gasteiger partial charge in [0.05, 0.1) is 22.1 Å². The van der Waals surface area contributed by atoms with Gasteiger partial charge in [0.25, 0.3) is 0 Å². The minimum atomic E-state index is -3.59. The molecule has 2 N–H and O–H groups in total. The van der Waals surface area contributed by atoms with Crippen LogP contribution in [0.1, 0.15) is 39.5 Å². The summed E-state index contributed by atoms with van der Waals surface area (Å²) in [5.74, 6) is 0.702. The van der Waals surface area contributed by atoms with Crippen molar-refractivity contribution < 1.29 is 18.0 Å². The van der Waals surface area contributed by atoms with Crippen molar-refractivity contribution in [2.75, 3.05) is 16.8 Å². The fourth-order valence-electron chi connectivity index (χ4n) is 3.67. The topological polar surface area (TPSA) is 92.3 Å². The number of sulfone groups is 1. The van der Waals surface area contributed by atoms with Crippen LogP contribution in [0.3, 0.4) is 0 Å². The van der Waals surface area contributed by atoms with Crippen molar-refractivity contribution in [1.82, 2.24) is 5.32 Å². The summed E-state index contributed by atoms with van der Waals surface area (Å²) in [4.78, 5) is 24.8. The van der Waals surface area contributed by atoms with Crippen LogP contribution in [0.2, 0.25) is 0 Å². The number of nitrogens with one attached hydrogen (secondary N) is 2. The van der Waals surface area contributed by atoms with E-state index < -0.39 is 9.84 Å². The van der Waals surface area contributed by atoms with E-state index in [2.05, 4.69) is 24.5 Å². The van der Waals surface area contributed by atoms with Crippen molar-refractivity contribution in [1.29, 1.82) is 0 Å². The monoisotopic (exact) mass is 410 g/mol. The van der Waals surface area contributed by atoms with E-state index in [0.717, 1.165) is 17.7 Å². The Morgan fingerprint density at radius 3 is 2.85 bits per heavy atom. The molecular weight excluding hydrogens is 384 g/mol. The molecule has 0 aromatic heterocycles. The molecule has 148 valence electrons. The van der Waals surface area contributed by atoms with Crippen LogP contribution in [0.4, 0.5) is 5.69 Å². The number of benzene rings is 1. The minimum absolute atomic E-state index is 0.0574. The Kier molecular flexibility index (Phi) is 6.15. The molecule has 1 saturated carbocycles. The molecule has 1 heterocycles. The smallest absolute Gasteiger partial charge is 0.234 e. The zero-order valence-electron chi connectivity index (χ0n) is 15.7. The van der Waals surface area contributed by atoms with E-state index in [4.69, 9.17) is 0 Å². The number of anilines is 1.